The Bertz CT molecular complexity index is 1060. The summed E-state index contributed by atoms with van der Waals surface area (Å²) in [6.07, 6.45) is 5.92. The Labute approximate surface area is 227 Å². The topological polar surface area (TPSA) is 91.7 Å². The molecule has 0 unspecified atom stereocenters. The number of hydrogen-bond acceptors (Lipinski definition) is 6. The van der Waals surface area contributed by atoms with Gasteiger partial charge in [-0.2, -0.15) is 5.10 Å². The normalized spacial score (nSPS) is 15.3. The fraction of sp³-hybridized carbons (Fsp3) is 0.633. The molecule has 1 aromatic carbocycles. The molecular weight excluding hydrogens is 482 g/mol. The van der Waals surface area contributed by atoms with Gasteiger partial charge in [0.05, 0.1) is 43.6 Å². The van der Waals surface area contributed by atoms with E-state index in [4.69, 9.17) is 19.3 Å². The number of nitrogens with zero attached hydrogens (tertiary/aromatic N) is 2. The van der Waals surface area contributed by atoms with Crippen LogP contribution in [0.25, 0.3) is 11.3 Å². The fourth-order valence-corrected chi connectivity index (χ4v) is 5.12. The molecule has 3 rings (SSSR count). The summed E-state index contributed by atoms with van der Waals surface area (Å²) < 4.78 is 18.7. The van der Waals surface area contributed by atoms with E-state index < -0.39 is 17.7 Å². The number of ether oxygens (including phenoxy) is 3. The van der Waals surface area contributed by atoms with Crippen LogP contribution >= 0.6 is 0 Å². The average molecular weight is 528 g/mol. The highest BCUT2D eigenvalue weighted by Gasteiger charge is 2.29. The summed E-state index contributed by atoms with van der Waals surface area (Å²) in [7, 11) is 3.26. The van der Waals surface area contributed by atoms with Crippen molar-refractivity contribution in [1.29, 1.82) is 0 Å². The lowest BCUT2D eigenvalue weighted by Crippen LogP contribution is -2.45. The highest BCUT2D eigenvalue weighted by Crippen LogP contribution is 2.39. The van der Waals surface area contributed by atoms with Crippen LogP contribution in [0.15, 0.2) is 24.3 Å². The van der Waals surface area contributed by atoms with Crippen molar-refractivity contribution in [2.75, 3.05) is 14.2 Å². The number of methoxy groups -OCH3 is 2. The van der Waals surface area contributed by atoms with Crippen molar-refractivity contribution in [2.24, 2.45) is 11.8 Å². The summed E-state index contributed by atoms with van der Waals surface area (Å²) >= 11 is 0. The van der Waals surface area contributed by atoms with Crippen molar-refractivity contribution in [3.63, 3.8) is 0 Å². The van der Waals surface area contributed by atoms with E-state index in [1.807, 2.05) is 49.7 Å². The first kappa shape index (κ1) is 29.5. The van der Waals surface area contributed by atoms with Crippen molar-refractivity contribution in [2.45, 2.75) is 97.8 Å². The number of benzene rings is 1. The van der Waals surface area contributed by atoms with E-state index in [2.05, 4.69) is 19.2 Å². The molecule has 0 saturated heterocycles. The zero-order valence-electron chi connectivity index (χ0n) is 24.1. The number of nitrogens with one attached hydrogen (secondary N) is 1. The number of alkyl carbamates (subject to hydrolysis) is 1. The number of aromatic nitrogens is 2. The van der Waals surface area contributed by atoms with Crippen LogP contribution in [-0.4, -0.2) is 47.5 Å². The standard InChI is InChI=1S/C30H45N3O5/c1-20(2)19-33-24(28-26(36-6)14-11-15-27(28)37-7)17-22(32-33)18-25(34)23(16-21-12-9-8-10-13-21)31-29(35)38-30(3,4)5/h11,14-15,17,20-21,23H,8-10,12-13,16,18-19H2,1-7H3,(H,31,35)/t23-/m1/s1. The maximum Gasteiger partial charge on any atom is 0.408 e. The van der Waals surface area contributed by atoms with Gasteiger partial charge in [-0.05, 0) is 57.2 Å². The van der Waals surface area contributed by atoms with Gasteiger partial charge in [-0.3, -0.25) is 9.48 Å². The van der Waals surface area contributed by atoms with Gasteiger partial charge in [0.15, 0.2) is 5.78 Å². The third-order valence-electron chi connectivity index (χ3n) is 6.78. The minimum atomic E-state index is -0.638. The first-order chi connectivity index (χ1) is 18.0. The Morgan fingerprint density at radius 2 is 1.71 bits per heavy atom. The van der Waals surface area contributed by atoms with Crippen LogP contribution in [0.2, 0.25) is 0 Å². The average Bonchev–Trinajstić information content (AvgIpc) is 3.23. The molecule has 1 saturated carbocycles. The number of rotatable bonds is 11. The lowest BCUT2D eigenvalue weighted by Gasteiger charge is -2.27. The SMILES string of the molecule is COc1cccc(OC)c1-c1cc(CC(=O)[C@@H](CC2CCCCC2)NC(=O)OC(C)(C)C)nn1CC(C)C. The smallest absolute Gasteiger partial charge is 0.408 e. The molecule has 0 spiro atoms. The molecule has 1 fully saturated rings. The van der Waals surface area contributed by atoms with Gasteiger partial charge in [0.1, 0.15) is 17.1 Å². The molecule has 1 amide bonds. The zero-order valence-corrected chi connectivity index (χ0v) is 24.1. The highest BCUT2D eigenvalue weighted by atomic mass is 16.6. The Kier molecular flexibility index (Phi) is 10.2. The van der Waals surface area contributed by atoms with Crippen molar-refractivity contribution in [3.05, 3.63) is 30.0 Å². The summed E-state index contributed by atoms with van der Waals surface area (Å²) in [6.45, 7) is 10.4. The number of ketones is 1. The third-order valence-corrected chi connectivity index (χ3v) is 6.78. The van der Waals surface area contributed by atoms with Gasteiger partial charge >= 0.3 is 6.09 Å². The van der Waals surface area contributed by atoms with Gasteiger partial charge in [0.25, 0.3) is 0 Å². The molecule has 0 radical (unpaired) electrons. The van der Waals surface area contributed by atoms with Crippen molar-refractivity contribution >= 4 is 11.9 Å². The van der Waals surface area contributed by atoms with Gasteiger partial charge in [0.2, 0.25) is 0 Å². The Morgan fingerprint density at radius 1 is 1.08 bits per heavy atom. The number of hydrogen-bond donors (Lipinski definition) is 1. The minimum Gasteiger partial charge on any atom is -0.496 e. The van der Waals surface area contributed by atoms with Crippen LogP contribution in [-0.2, 0) is 22.5 Å². The third kappa shape index (κ3) is 8.23. The van der Waals surface area contributed by atoms with E-state index >= 15 is 0 Å². The summed E-state index contributed by atoms with van der Waals surface area (Å²) in [6, 6.07) is 6.98. The largest absolute Gasteiger partial charge is 0.496 e. The number of carbonyl (C=O) groups is 2. The first-order valence-electron chi connectivity index (χ1n) is 13.8. The molecule has 1 aromatic heterocycles. The van der Waals surface area contributed by atoms with Gasteiger partial charge in [-0.15, -0.1) is 0 Å². The van der Waals surface area contributed by atoms with Gasteiger partial charge < -0.3 is 19.5 Å². The van der Waals surface area contributed by atoms with Crippen molar-refractivity contribution in [3.8, 4) is 22.8 Å². The molecule has 0 bridgehead atoms. The zero-order chi connectivity index (χ0) is 27.9. The quantitative estimate of drug-likeness (QED) is 0.374. The van der Waals surface area contributed by atoms with Crippen LogP contribution in [0.4, 0.5) is 4.79 Å². The molecule has 1 heterocycles. The number of amides is 1. The molecule has 1 aliphatic rings. The van der Waals surface area contributed by atoms with Crippen LogP contribution in [0.1, 0.15) is 78.8 Å². The molecule has 0 aliphatic heterocycles. The predicted molar refractivity (Wildman–Crippen MR) is 149 cm³/mol. The highest BCUT2D eigenvalue weighted by molar-refractivity contribution is 5.89. The van der Waals surface area contributed by atoms with E-state index in [1.165, 1.54) is 19.3 Å². The molecule has 1 N–H and O–H groups in total. The molecule has 2 aromatic rings. The molecule has 8 nitrogen and oxygen atoms in total. The molecule has 1 atom stereocenters. The first-order valence-corrected chi connectivity index (χ1v) is 13.8. The second kappa shape index (κ2) is 13.2. The van der Waals surface area contributed by atoms with Gasteiger partial charge in [-0.25, -0.2) is 4.79 Å². The maximum atomic E-state index is 13.6. The lowest BCUT2D eigenvalue weighted by atomic mass is 9.83. The molecule has 8 heteroatoms. The number of carbonyl (C=O) groups excluding carboxylic acids is 2. The molecular formula is C30H45N3O5. The summed E-state index contributed by atoms with van der Waals surface area (Å²) in [5, 5.41) is 7.70. The number of Topliss-reactive ketones (excluding diaryl/α,β-unsaturated/α-hetero) is 1. The van der Waals surface area contributed by atoms with Crippen molar-refractivity contribution < 1.29 is 23.8 Å². The van der Waals surface area contributed by atoms with E-state index in [9.17, 15) is 9.59 Å². The van der Waals surface area contributed by atoms with Gasteiger partial charge in [0, 0.05) is 6.54 Å². The molecule has 1 aliphatic carbocycles. The Balaban J connectivity index is 1.90. The monoisotopic (exact) mass is 527 g/mol. The van der Waals surface area contributed by atoms with E-state index in [1.54, 1.807) is 14.2 Å². The van der Waals surface area contributed by atoms with Gasteiger partial charge in [-0.1, -0.05) is 52.0 Å². The fourth-order valence-electron chi connectivity index (χ4n) is 5.12. The Hall–Kier alpha value is -3.03. The second-order valence-corrected chi connectivity index (χ2v) is 11.7. The second-order valence-electron chi connectivity index (χ2n) is 11.7. The minimum absolute atomic E-state index is 0.0610. The van der Waals surface area contributed by atoms with Crippen LogP contribution in [0, 0.1) is 11.8 Å². The summed E-state index contributed by atoms with van der Waals surface area (Å²) in [4.78, 5) is 26.3. The maximum absolute atomic E-state index is 13.6. The van der Waals surface area contributed by atoms with E-state index in [0.717, 1.165) is 24.1 Å². The van der Waals surface area contributed by atoms with Crippen molar-refractivity contribution in [1.82, 2.24) is 15.1 Å². The predicted octanol–water partition coefficient (Wildman–Crippen LogP) is 6.20. The van der Waals surface area contributed by atoms with E-state index in [0.29, 0.717) is 42.0 Å². The lowest BCUT2D eigenvalue weighted by molar-refractivity contribution is -0.121. The van der Waals surface area contributed by atoms with Crippen LogP contribution < -0.4 is 14.8 Å². The molecule has 210 valence electrons. The van der Waals surface area contributed by atoms with Crippen LogP contribution in [0.3, 0.4) is 0 Å². The van der Waals surface area contributed by atoms with E-state index in [-0.39, 0.29) is 12.2 Å². The summed E-state index contributed by atoms with van der Waals surface area (Å²) in [5.74, 6) is 2.04. The molecule has 38 heavy (non-hydrogen) atoms. The Morgan fingerprint density at radius 3 is 2.26 bits per heavy atom. The van der Waals surface area contributed by atoms with Crippen LogP contribution in [0.5, 0.6) is 11.5 Å². The summed E-state index contributed by atoms with van der Waals surface area (Å²) in [5.41, 5.74) is 1.65.